The van der Waals surface area contributed by atoms with Crippen LogP contribution in [0, 0.1) is 0 Å². The summed E-state index contributed by atoms with van der Waals surface area (Å²) >= 11 is 3.10. The molecule has 0 saturated carbocycles. The van der Waals surface area contributed by atoms with E-state index in [4.69, 9.17) is 4.74 Å². The molecule has 0 amide bonds. The van der Waals surface area contributed by atoms with Crippen molar-refractivity contribution >= 4 is 15.9 Å². The molecule has 1 heterocycles. The van der Waals surface area contributed by atoms with E-state index >= 15 is 0 Å². The summed E-state index contributed by atoms with van der Waals surface area (Å²) in [5, 5.41) is 0. The van der Waals surface area contributed by atoms with Gasteiger partial charge in [-0.25, -0.2) is 9.97 Å². The molecule has 4 heteroatoms. The molecular weight excluding hydrogens is 184 g/mol. The molecule has 0 radical (unpaired) electrons. The van der Waals surface area contributed by atoms with Crippen molar-refractivity contribution in [3.05, 3.63) is 17.1 Å². The minimum absolute atomic E-state index is 0.573. The largest absolute Gasteiger partial charge is 0.494 e. The molecule has 0 saturated heterocycles. The number of rotatable bonds is 1. The number of hydrogen-bond donors (Lipinski definition) is 0. The van der Waals surface area contributed by atoms with Crippen molar-refractivity contribution in [1.82, 2.24) is 9.97 Å². The predicted octanol–water partition coefficient (Wildman–Crippen LogP) is 1.25. The van der Waals surface area contributed by atoms with Crippen molar-refractivity contribution in [2.45, 2.75) is 0 Å². The van der Waals surface area contributed by atoms with E-state index in [-0.39, 0.29) is 0 Å². The van der Waals surface area contributed by atoms with Gasteiger partial charge in [0.25, 0.3) is 0 Å². The van der Waals surface area contributed by atoms with Gasteiger partial charge in [0.1, 0.15) is 0 Å². The van der Waals surface area contributed by atoms with Crippen LogP contribution in [0.15, 0.2) is 17.1 Å². The van der Waals surface area contributed by atoms with E-state index in [9.17, 15) is 0 Å². The van der Waals surface area contributed by atoms with Gasteiger partial charge in [-0.05, 0) is 15.9 Å². The van der Waals surface area contributed by atoms with Crippen molar-refractivity contribution in [3.8, 4) is 5.75 Å². The van der Waals surface area contributed by atoms with Gasteiger partial charge in [0.2, 0.25) is 0 Å². The van der Waals surface area contributed by atoms with Crippen LogP contribution in [-0.4, -0.2) is 17.1 Å². The second-order valence-corrected chi connectivity index (χ2v) is 2.10. The topological polar surface area (TPSA) is 35.0 Å². The molecular formula is C5H5BrN2O. The highest BCUT2D eigenvalue weighted by Gasteiger charge is 1.89. The molecule has 0 unspecified atom stereocenters. The highest BCUT2D eigenvalue weighted by atomic mass is 79.9. The van der Waals surface area contributed by atoms with Crippen LogP contribution in [0.3, 0.4) is 0 Å². The first-order chi connectivity index (χ1) is 4.33. The van der Waals surface area contributed by atoms with Crippen molar-refractivity contribution in [1.29, 1.82) is 0 Å². The number of aromatic nitrogens is 2. The summed E-state index contributed by atoms with van der Waals surface area (Å²) in [5.41, 5.74) is 0. The Bertz CT molecular complexity index is 187. The molecule has 9 heavy (non-hydrogen) atoms. The second kappa shape index (κ2) is 2.77. The van der Waals surface area contributed by atoms with Gasteiger partial charge in [-0.3, -0.25) is 0 Å². The third kappa shape index (κ3) is 1.64. The van der Waals surface area contributed by atoms with E-state index in [1.54, 1.807) is 19.5 Å². The molecule has 48 valence electrons. The van der Waals surface area contributed by atoms with Crippen LogP contribution in [0.5, 0.6) is 5.75 Å². The molecule has 3 nitrogen and oxygen atoms in total. The molecule has 1 rings (SSSR count). The lowest BCUT2D eigenvalue weighted by Crippen LogP contribution is -1.86. The predicted molar refractivity (Wildman–Crippen MR) is 36.3 cm³/mol. The number of ether oxygens (including phenoxy) is 1. The Morgan fingerprint density at radius 3 is 2.44 bits per heavy atom. The average molecular weight is 189 g/mol. The van der Waals surface area contributed by atoms with E-state index in [2.05, 4.69) is 25.9 Å². The Labute approximate surface area is 61.2 Å². The molecule has 0 bridgehead atoms. The smallest absolute Gasteiger partial charge is 0.196 e. The van der Waals surface area contributed by atoms with Gasteiger partial charge in [0.05, 0.1) is 19.5 Å². The third-order valence-corrected chi connectivity index (χ3v) is 1.24. The Balaban J connectivity index is 2.88. The molecule has 0 atom stereocenters. The first-order valence-electron chi connectivity index (χ1n) is 2.34. The molecule has 0 aliphatic heterocycles. The lowest BCUT2D eigenvalue weighted by Gasteiger charge is -1.94. The van der Waals surface area contributed by atoms with E-state index < -0.39 is 0 Å². The van der Waals surface area contributed by atoms with Gasteiger partial charge in [-0.2, -0.15) is 0 Å². The van der Waals surface area contributed by atoms with Crippen LogP contribution in [0.25, 0.3) is 0 Å². The summed E-state index contributed by atoms with van der Waals surface area (Å²) in [5.74, 6) is 0.665. The number of halogens is 1. The van der Waals surface area contributed by atoms with Crippen molar-refractivity contribution in [2.75, 3.05) is 7.11 Å². The molecule has 0 aromatic carbocycles. The number of hydrogen-bond acceptors (Lipinski definition) is 3. The van der Waals surface area contributed by atoms with Crippen molar-refractivity contribution < 1.29 is 4.74 Å². The quantitative estimate of drug-likeness (QED) is 0.623. The zero-order valence-corrected chi connectivity index (χ0v) is 6.42. The normalized spacial score (nSPS) is 9.11. The number of methoxy groups -OCH3 is 1. The minimum atomic E-state index is 0.573. The van der Waals surface area contributed by atoms with Gasteiger partial charge in [0, 0.05) is 0 Å². The van der Waals surface area contributed by atoms with Crippen LogP contribution in [0.4, 0.5) is 0 Å². The second-order valence-electron chi connectivity index (χ2n) is 1.39. The summed E-state index contributed by atoms with van der Waals surface area (Å²) in [6.45, 7) is 0. The van der Waals surface area contributed by atoms with Crippen LogP contribution in [-0.2, 0) is 0 Å². The van der Waals surface area contributed by atoms with Crippen LogP contribution >= 0.6 is 15.9 Å². The summed E-state index contributed by atoms with van der Waals surface area (Å²) in [4.78, 5) is 7.66. The fourth-order valence-electron chi connectivity index (χ4n) is 0.406. The monoisotopic (exact) mass is 188 g/mol. The minimum Gasteiger partial charge on any atom is -0.494 e. The summed E-state index contributed by atoms with van der Waals surface area (Å²) < 4.78 is 5.40. The fraction of sp³-hybridized carbons (Fsp3) is 0.200. The molecule has 0 spiro atoms. The zero-order valence-electron chi connectivity index (χ0n) is 4.84. The first-order valence-corrected chi connectivity index (χ1v) is 3.14. The zero-order chi connectivity index (χ0) is 6.69. The fourth-order valence-corrected chi connectivity index (χ4v) is 0.611. The third-order valence-electron chi connectivity index (χ3n) is 0.832. The van der Waals surface area contributed by atoms with Gasteiger partial charge in [-0.15, -0.1) is 0 Å². The van der Waals surface area contributed by atoms with E-state index in [0.717, 1.165) is 0 Å². The van der Waals surface area contributed by atoms with Crippen molar-refractivity contribution in [3.63, 3.8) is 0 Å². The number of nitrogens with zero attached hydrogens (tertiary/aromatic N) is 2. The van der Waals surface area contributed by atoms with Gasteiger partial charge in [0.15, 0.2) is 10.5 Å². The van der Waals surface area contributed by atoms with Crippen molar-refractivity contribution in [2.24, 2.45) is 0 Å². The molecule has 0 fully saturated rings. The molecule has 0 aliphatic carbocycles. The Hall–Kier alpha value is -0.640. The van der Waals surface area contributed by atoms with Crippen LogP contribution < -0.4 is 4.74 Å². The summed E-state index contributed by atoms with van der Waals surface area (Å²) in [6, 6.07) is 0. The van der Waals surface area contributed by atoms with Gasteiger partial charge in [-0.1, -0.05) is 0 Å². The molecule has 0 aliphatic rings. The van der Waals surface area contributed by atoms with Crippen LogP contribution in [0.1, 0.15) is 0 Å². The first kappa shape index (κ1) is 6.48. The Morgan fingerprint density at radius 2 is 2.00 bits per heavy atom. The maximum Gasteiger partial charge on any atom is 0.196 e. The maximum absolute atomic E-state index is 4.82. The lowest BCUT2D eigenvalue weighted by atomic mass is 10.6. The average Bonchev–Trinajstić information content (AvgIpc) is 1.90. The van der Waals surface area contributed by atoms with Crippen LogP contribution in [0.2, 0.25) is 0 Å². The van der Waals surface area contributed by atoms with E-state index in [1.807, 2.05) is 0 Å². The van der Waals surface area contributed by atoms with E-state index in [1.165, 1.54) is 0 Å². The maximum atomic E-state index is 4.82. The Morgan fingerprint density at radius 1 is 1.44 bits per heavy atom. The summed E-state index contributed by atoms with van der Waals surface area (Å²) in [7, 11) is 1.58. The summed E-state index contributed by atoms with van der Waals surface area (Å²) in [6.07, 6.45) is 3.19. The SMILES string of the molecule is COc1cnc(Br)nc1. The van der Waals surface area contributed by atoms with E-state index in [0.29, 0.717) is 10.5 Å². The standard InChI is InChI=1S/C5H5BrN2O/c1-9-4-2-7-5(6)8-3-4/h2-3H,1H3. The Kier molecular flexibility index (Phi) is 2.00. The molecule has 1 aromatic rings. The molecule has 1 aromatic heterocycles. The highest BCUT2D eigenvalue weighted by Crippen LogP contribution is 2.07. The van der Waals surface area contributed by atoms with Gasteiger partial charge < -0.3 is 4.74 Å². The molecule has 0 N–H and O–H groups in total. The highest BCUT2D eigenvalue weighted by molar-refractivity contribution is 9.10. The van der Waals surface area contributed by atoms with Gasteiger partial charge >= 0.3 is 0 Å². The lowest BCUT2D eigenvalue weighted by molar-refractivity contribution is 0.410.